The van der Waals surface area contributed by atoms with Crippen molar-refractivity contribution >= 4 is 51.2 Å². The number of hydrogen-bond acceptors (Lipinski definition) is 6. The van der Waals surface area contributed by atoms with Crippen LogP contribution in [0.25, 0.3) is 10.4 Å². The number of benzene rings is 1. The van der Waals surface area contributed by atoms with Gasteiger partial charge in [0.2, 0.25) is 5.91 Å². The van der Waals surface area contributed by atoms with E-state index in [1.807, 2.05) is 23.1 Å². The zero-order valence-electron chi connectivity index (χ0n) is 16.4. The Morgan fingerprint density at radius 2 is 1.97 bits per heavy atom. The summed E-state index contributed by atoms with van der Waals surface area (Å²) >= 11 is 9.15. The summed E-state index contributed by atoms with van der Waals surface area (Å²) < 4.78 is 0. The van der Waals surface area contributed by atoms with Gasteiger partial charge in [0.25, 0.3) is 5.91 Å². The quantitative estimate of drug-likeness (QED) is 0.611. The molecule has 0 atom stereocenters. The summed E-state index contributed by atoms with van der Waals surface area (Å²) in [5, 5.41) is 5.51. The molecular formula is C21H21ClN4O2S2. The molecule has 30 heavy (non-hydrogen) atoms. The molecule has 0 saturated carbocycles. The maximum absolute atomic E-state index is 12.7. The van der Waals surface area contributed by atoms with Crippen LogP contribution in [0.15, 0.2) is 41.8 Å². The molecule has 4 rings (SSSR count). The molecule has 0 bridgehead atoms. The highest BCUT2D eigenvalue weighted by atomic mass is 35.5. The largest absolute Gasteiger partial charge is 0.335 e. The van der Waals surface area contributed by atoms with E-state index in [0.717, 1.165) is 30.2 Å². The number of halogens is 1. The molecule has 156 valence electrons. The Bertz CT molecular complexity index is 1060. The topological polar surface area (TPSA) is 65.5 Å². The van der Waals surface area contributed by atoms with Crippen LogP contribution in [-0.4, -0.2) is 52.8 Å². The summed E-state index contributed by atoms with van der Waals surface area (Å²) in [6.07, 6.45) is 0. The summed E-state index contributed by atoms with van der Waals surface area (Å²) in [4.78, 5) is 34.7. The minimum absolute atomic E-state index is 0.0816. The van der Waals surface area contributed by atoms with Crippen molar-refractivity contribution in [2.45, 2.75) is 13.5 Å². The molecule has 2 amide bonds. The molecule has 1 aliphatic rings. The third-order valence-electron chi connectivity index (χ3n) is 4.82. The first-order valence-corrected chi connectivity index (χ1v) is 11.6. The van der Waals surface area contributed by atoms with Crippen molar-refractivity contribution in [1.82, 2.24) is 14.8 Å². The number of carbonyl (C=O) groups is 2. The third-order valence-corrected chi connectivity index (χ3v) is 6.93. The number of amides is 2. The lowest BCUT2D eigenvalue weighted by Gasteiger charge is -2.34. The van der Waals surface area contributed by atoms with E-state index in [4.69, 9.17) is 11.6 Å². The van der Waals surface area contributed by atoms with Crippen LogP contribution in [0.3, 0.4) is 0 Å². The Labute approximate surface area is 188 Å². The molecular weight excluding hydrogens is 440 g/mol. The molecule has 1 fully saturated rings. The second kappa shape index (κ2) is 9.26. The molecule has 3 aromatic rings. The average Bonchev–Trinajstić information content (AvgIpc) is 3.37. The van der Waals surface area contributed by atoms with Gasteiger partial charge >= 0.3 is 0 Å². The molecule has 2 aromatic heterocycles. The van der Waals surface area contributed by atoms with Crippen LogP contribution in [0.4, 0.5) is 5.13 Å². The zero-order valence-corrected chi connectivity index (χ0v) is 18.8. The van der Waals surface area contributed by atoms with E-state index in [-0.39, 0.29) is 11.8 Å². The van der Waals surface area contributed by atoms with Crippen LogP contribution < -0.4 is 5.32 Å². The van der Waals surface area contributed by atoms with Crippen molar-refractivity contribution in [3.63, 3.8) is 0 Å². The van der Waals surface area contributed by atoms with E-state index >= 15 is 0 Å². The van der Waals surface area contributed by atoms with Crippen LogP contribution in [0.5, 0.6) is 0 Å². The summed E-state index contributed by atoms with van der Waals surface area (Å²) in [7, 11) is 0. The summed E-state index contributed by atoms with van der Waals surface area (Å²) in [5.41, 5.74) is 1.53. The smallest absolute Gasteiger partial charge is 0.273 e. The first-order chi connectivity index (χ1) is 14.5. The Balaban J connectivity index is 1.31. The van der Waals surface area contributed by atoms with E-state index in [1.165, 1.54) is 28.0 Å². The van der Waals surface area contributed by atoms with E-state index < -0.39 is 0 Å². The number of aromatic nitrogens is 1. The molecule has 1 saturated heterocycles. The first kappa shape index (κ1) is 21.0. The Morgan fingerprint density at radius 1 is 1.17 bits per heavy atom. The predicted molar refractivity (Wildman–Crippen MR) is 122 cm³/mol. The average molecular weight is 461 g/mol. The monoisotopic (exact) mass is 460 g/mol. The van der Waals surface area contributed by atoms with Crippen LogP contribution >= 0.6 is 34.3 Å². The molecule has 0 unspecified atom stereocenters. The molecule has 1 aromatic carbocycles. The number of thiophene rings is 1. The number of anilines is 1. The minimum Gasteiger partial charge on any atom is -0.335 e. The Morgan fingerprint density at radius 3 is 2.70 bits per heavy atom. The van der Waals surface area contributed by atoms with Crippen LogP contribution in [0.2, 0.25) is 5.02 Å². The second-order valence-corrected chi connectivity index (χ2v) is 9.53. The van der Waals surface area contributed by atoms with Gasteiger partial charge in [0.05, 0.1) is 0 Å². The summed E-state index contributed by atoms with van der Waals surface area (Å²) in [6, 6.07) is 12.2. The Hall–Kier alpha value is -2.26. The van der Waals surface area contributed by atoms with Crippen molar-refractivity contribution in [2.75, 3.05) is 31.5 Å². The summed E-state index contributed by atoms with van der Waals surface area (Å²) in [6.45, 7) is 5.26. The van der Waals surface area contributed by atoms with Crippen LogP contribution in [0, 0.1) is 0 Å². The highest BCUT2D eigenvalue weighted by Gasteiger charge is 2.24. The van der Waals surface area contributed by atoms with Gasteiger partial charge in [-0.1, -0.05) is 23.7 Å². The van der Waals surface area contributed by atoms with Crippen LogP contribution in [0.1, 0.15) is 22.3 Å². The molecule has 0 radical (unpaired) electrons. The van der Waals surface area contributed by atoms with Gasteiger partial charge in [0.15, 0.2) is 5.13 Å². The van der Waals surface area contributed by atoms with E-state index in [0.29, 0.717) is 23.9 Å². The molecule has 9 heteroatoms. The first-order valence-electron chi connectivity index (χ1n) is 9.57. The lowest BCUT2D eigenvalue weighted by atomic mass is 10.2. The molecule has 1 aliphatic heterocycles. The number of carbonyl (C=O) groups excluding carboxylic acids is 2. The van der Waals surface area contributed by atoms with Gasteiger partial charge in [-0.05, 0) is 29.8 Å². The fourth-order valence-electron chi connectivity index (χ4n) is 3.33. The number of nitrogens with one attached hydrogen (secondary N) is 1. The number of nitrogens with zero attached hydrogens (tertiary/aromatic N) is 3. The van der Waals surface area contributed by atoms with Gasteiger partial charge in [-0.3, -0.25) is 14.5 Å². The lowest BCUT2D eigenvalue weighted by Crippen LogP contribution is -2.48. The van der Waals surface area contributed by atoms with Gasteiger partial charge in [-0.15, -0.1) is 22.7 Å². The van der Waals surface area contributed by atoms with Crippen molar-refractivity contribution in [2.24, 2.45) is 0 Å². The zero-order chi connectivity index (χ0) is 21.1. The van der Waals surface area contributed by atoms with Gasteiger partial charge in [-0.25, -0.2) is 4.98 Å². The van der Waals surface area contributed by atoms with Gasteiger partial charge < -0.3 is 10.2 Å². The van der Waals surface area contributed by atoms with Gasteiger partial charge in [0, 0.05) is 59.8 Å². The number of thiazole rings is 1. The maximum atomic E-state index is 12.7. The number of piperazine rings is 1. The van der Waals surface area contributed by atoms with Crippen molar-refractivity contribution in [3.8, 4) is 10.4 Å². The minimum atomic E-state index is -0.191. The van der Waals surface area contributed by atoms with Crippen molar-refractivity contribution in [3.05, 3.63) is 57.4 Å². The maximum Gasteiger partial charge on any atom is 0.273 e. The molecule has 0 spiro atoms. The van der Waals surface area contributed by atoms with Crippen LogP contribution in [-0.2, 0) is 11.3 Å². The van der Waals surface area contributed by atoms with Gasteiger partial charge in [-0.2, -0.15) is 0 Å². The van der Waals surface area contributed by atoms with E-state index in [2.05, 4.69) is 33.4 Å². The SMILES string of the molecule is CC(=O)Nc1nc(C(=O)N2CCN(Cc3ccc(-c4cccc(Cl)c4)s3)CC2)cs1. The fourth-order valence-corrected chi connectivity index (χ4v) is 5.30. The third kappa shape index (κ3) is 5.07. The van der Waals surface area contributed by atoms with E-state index in [9.17, 15) is 9.59 Å². The number of rotatable bonds is 5. The van der Waals surface area contributed by atoms with Crippen molar-refractivity contribution < 1.29 is 9.59 Å². The highest BCUT2D eigenvalue weighted by molar-refractivity contribution is 7.15. The molecule has 0 aliphatic carbocycles. The second-order valence-electron chi connectivity index (χ2n) is 7.06. The van der Waals surface area contributed by atoms with E-state index in [1.54, 1.807) is 16.7 Å². The van der Waals surface area contributed by atoms with Gasteiger partial charge in [0.1, 0.15) is 5.69 Å². The molecule has 1 N–H and O–H groups in total. The molecule has 3 heterocycles. The Kier molecular flexibility index (Phi) is 6.48. The normalized spacial score (nSPS) is 14.7. The fraction of sp³-hybridized carbons (Fsp3) is 0.286. The summed E-state index contributed by atoms with van der Waals surface area (Å²) in [5.74, 6) is -0.272. The number of hydrogen-bond donors (Lipinski definition) is 1. The highest BCUT2D eigenvalue weighted by Crippen LogP contribution is 2.30. The lowest BCUT2D eigenvalue weighted by molar-refractivity contribution is -0.114. The molecule has 6 nitrogen and oxygen atoms in total. The van der Waals surface area contributed by atoms with Crippen molar-refractivity contribution in [1.29, 1.82) is 0 Å². The standard InChI is InChI=1S/C21H21ClN4O2S2/c1-14(27)23-21-24-18(13-29-21)20(28)26-9-7-25(8-10-26)12-17-5-6-19(30-17)15-3-2-4-16(22)11-15/h2-6,11,13H,7-10,12H2,1H3,(H,23,24,27). The predicted octanol–water partition coefficient (Wildman–Crippen LogP) is 4.44.